The van der Waals surface area contributed by atoms with E-state index < -0.39 is 10.0 Å². The fourth-order valence-electron chi connectivity index (χ4n) is 2.18. The van der Waals surface area contributed by atoms with Gasteiger partial charge in [0, 0.05) is 11.0 Å². The highest BCUT2D eigenvalue weighted by molar-refractivity contribution is 9.10. The molecule has 4 nitrogen and oxygen atoms in total. The van der Waals surface area contributed by atoms with Gasteiger partial charge in [-0.1, -0.05) is 28.1 Å². The number of sulfonamides is 1. The van der Waals surface area contributed by atoms with Gasteiger partial charge in [0.1, 0.15) is 17.1 Å². The van der Waals surface area contributed by atoms with Crippen molar-refractivity contribution in [3.8, 4) is 0 Å². The molecule has 3 rings (SSSR count). The van der Waals surface area contributed by atoms with Gasteiger partial charge >= 0.3 is 0 Å². The fraction of sp³-hybridized carbons (Fsp3) is 0.0714. The van der Waals surface area contributed by atoms with Crippen LogP contribution in [0.3, 0.4) is 0 Å². The van der Waals surface area contributed by atoms with Gasteiger partial charge in [-0.05, 0) is 35.9 Å². The van der Waals surface area contributed by atoms with Crippen molar-refractivity contribution < 1.29 is 12.8 Å². The second-order valence-electron chi connectivity index (χ2n) is 4.57. The molecule has 0 atom stereocenters. The molecule has 0 unspecified atom stereocenters. The highest BCUT2D eigenvalue weighted by Gasteiger charge is 2.24. The lowest BCUT2D eigenvalue weighted by Gasteiger charge is -2.25. The number of benzene rings is 2. The monoisotopic (exact) mass is 368 g/mol. The molecule has 0 saturated heterocycles. The van der Waals surface area contributed by atoms with Crippen LogP contribution in [0.1, 0.15) is 5.56 Å². The molecule has 0 spiro atoms. The molecule has 1 heterocycles. The zero-order valence-corrected chi connectivity index (χ0v) is 13.1. The number of hydrogen-bond acceptors (Lipinski definition) is 3. The van der Waals surface area contributed by atoms with Crippen LogP contribution >= 0.6 is 15.9 Å². The zero-order valence-electron chi connectivity index (χ0n) is 10.7. The molecule has 0 aromatic heterocycles. The first-order chi connectivity index (χ1) is 9.95. The summed E-state index contributed by atoms with van der Waals surface area (Å²) in [7, 11) is -3.64. The highest BCUT2D eigenvalue weighted by atomic mass is 79.9. The van der Waals surface area contributed by atoms with Crippen LogP contribution in [0.25, 0.3) is 0 Å². The fourth-order valence-corrected chi connectivity index (χ4v) is 3.74. The summed E-state index contributed by atoms with van der Waals surface area (Å²) in [5.74, 6) is -0.353. The Morgan fingerprint density at radius 2 is 1.95 bits per heavy atom. The molecule has 7 heteroatoms. The second-order valence-corrected chi connectivity index (χ2v) is 7.09. The van der Waals surface area contributed by atoms with E-state index in [-0.39, 0.29) is 10.7 Å². The van der Waals surface area contributed by atoms with Gasteiger partial charge in [0.15, 0.2) is 0 Å². The van der Waals surface area contributed by atoms with Crippen LogP contribution in [0.2, 0.25) is 0 Å². The highest BCUT2D eigenvalue weighted by Crippen LogP contribution is 2.30. The van der Waals surface area contributed by atoms with Gasteiger partial charge in [-0.25, -0.2) is 4.39 Å². The van der Waals surface area contributed by atoms with E-state index in [0.29, 0.717) is 22.3 Å². The molecule has 0 amide bonds. The van der Waals surface area contributed by atoms with Crippen LogP contribution in [-0.4, -0.2) is 14.8 Å². The van der Waals surface area contributed by atoms with Crippen LogP contribution < -0.4 is 4.90 Å². The van der Waals surface area contributed by atoms with Gasteiger partial charge in [-0.2, -0.15) is 8.42 Å². The number of nitrogens with zero attached hydrogens (tertiary/aromatic N) is 2. The van der Waals surface area contributed by atoms with Crippen molar-refractivity contribution in [3.05, 3.63) is 58.3 Å². The van der Waals surface area contributed by atoms with Gasteiger partial charge in [0.05, 0.1) is 5.69 Å². The van der Waals surface area contributed by atoms with E-state index in [0.717, 1.165) is 0 Å². The maximum atomic E-state index is 13.4. The van der Waals surface area contributed by atoms with E-state index >= 15 is 0 Å². The summed E-state index contributed by atoms with van der Waals surface area (Å²) in [5.41, 5.74) is 1.25. The maximum Gasteiger partial charge on any atom is 0.285 e. The van der Waals surface area contributed by atoms with E-state index in [1.807, 2.05) is 0 Å². The van der Waals surface area contributed by atoms with Crippen LogP contribution in [0.4, 0.5) is 10.1 Å². The van der Waals surface area contributed by atoms with Gasteiger partial charge in [-0.15, -0.1) is 4.40 Å². The Morgan fingerprint density at radius 1 is 1.19 bits per heavy atom. The molecule has 0 radical (unpaired) electrons. The van der Waals surface area contributed by atoms with E-state index in [1.165, 1.54) is 24.5 Å². The molecule has 0 aliphatic carbocycles. The van der Waals surface area contributed by atoms with Crippen LogP contribution in [0.15, 0.2) is 56.2 Å². The lowest BCUT2D eigenvalue weighted by atomic mass is 10.2. The molecule has 0 fully saturated rings. The number of rotatable bonds is 2. The number of hydrogen-bond donors (Lipinski definition) is 0. The molecule has 0 saturated carbocycles. The summed E-state index contributed by atoms with van der Waals surface area (Å²) < 4.78 is 41.4. The molecule has 2 aromatic rings. The van der Waals surface area contributed by atoms with Crippen molar-refractivity contribution in [1.29, 1.82) is 0 Å². The van der Waals surface area contributed by atoms with Crippen molar-refractivity contribution in [2.24, 2.45) is 4.40 Å². The molecule has 108 valence electrons. The standard InChI is InChI=1S/C14H10BrFN2O2S/c15-11-5-10(6-12(16)7-11)8-18-9-17-21(19,20)14-4-2-1-3-13(14)18/h1-7,9H,8H2. The lowest BCUT2D eigenvalue weighted by molar-refractivity contribution is 0.597. The van der Waals surface area contributed by atoms with E-state index in [2.05, 4.69) is 20.3 Å². The molecular weight excluding hydrogens is 359 g/mol. The zero-order chi connectivity index (χ0) is 15.0. The minimum Gasteiger partial charge on any atom is -0.326 e. The maximum absolute atomic E-state index is 13.4. The van der Waals surface area contributed by atoms with E-state index in [1.54, 1.807) is 29.2 Å². The van der Waals surface area contributed by atoms with Crippen molar-refractivity contribution >= 4 is 38.0 Å². The topological polar surface area (TPSA) is 49.7 Å². The summed E-state index contributed by atoms with van der Waals surface area (Å²) in [5, 5.41) is 0. The van der Waals surface area contributed by atoms with Crippen molar-refractivity contribution in [3.63, 3.8) is 0 Å². The van der Waals surface area contributed by atoms with Gasteiger partial charge < -0.3 is 4.90 Å². The first-order valence-electron chi connectivity index (χ1n) is 6.07. The quantitative estimate of drug-likeness (QED) is 0.816. The van der Waals surface area contributed by atoms with Crippen LogP contribution in [-0.2, 0) is 16.6 Å². The first-order valence-corrected chi connectivity index (χ1v) is 8.30. The minimum atomic E-state index is -3.64. The number of halogens is 2. The third-order valence-electron chi connectivity index (χ3n) is 3.05. The van der Waals surface area contributed by atoms with Gasteiger partial charge in [0.25, 0.3) is 10.0 Å². The summed E-state index contributed by atoms with van der Waals surface area (Å²) in [6, 6.07) is 11.2. The van der Waals surface area contributed by atoms with Crippen molar-refractivity contribution in [1.82, 2.24) is 0 Å². The normalized spacial score (nSPS) is 15.8. The average molecular weight is 369 g/mol. The summed E-state index contributed by atoms with van der Waals surface area (Å²) in [6.45, 7) is 0.326. The van der Waals surface area contributed by atoms with E-state index in [4.69, 9.17) is 0 Å². The Balaban J connectivity index is 2.01. The number of para-hydroxylation sites is 1. The molecule has 0 N–H and O–H groups in total. The Kier molecular flexibility index (Phi) is 3.54. The smallest absolute Gasteiger partial charge is 0.285 e. The lowest BCUT2D eigenvalue weighted by Crippen LogP contribution is -2.26. The van der Waals surface area contributed by atoms with Crippen molar-refractivity contribution in [2.75, 3.05) is 4.90 Å². The largest absolute Gasteiger partial charge is 0.326 e. The predicted molar refractivity (Wildman–Crippen MR) is 82.4 cm³/mol. The SMILES string of the molecule is O=S1(=O)N=CN(Cc2cc(F)cc(Br)c2)c2ccccc21. The molecule has 2 aromatic carbocycles. The average Bonchev–Trinajstić information content (AvgIpc) is 2.41. The Bertz CT molecular complexity index is 816. The Hall–Kier alpha value is -1.73. The summed E-state index contributed by atoms with van der Waals surface area (Å²) >= 11 is 3.24. The van der Waals surface area contributed by atoms with Gasteiger partial charge in [-0.3, -0.25) is 0 Å². The third-order valence-corrected chi connectivity index (χ3v) is 4.78. The summed E-state index contributed by atoms with van der Waals surface area (Å²) in [4.78, 5) is 1.83. The first kappa shape index (κ1) is 14.2. The third kappa shape index (κ3) is 2.84. The Morgan fingerprint density at radius 3 is 2.71 bits per heavy atom. The minimum absolute atomic E-state index is 0.156. The molecular formula is C14H10BrFN2O2S. The Labute approximate surface area is 130 Å². The predicted octanol–water partition coefficient (Wildman–Crippen LogP) is 3.33. The second kappa shape index (κ2) is 5.23. The van der Waals surface area contributed by atoms with Crippen LogP contribution in [0.5, 0.6) is 0 Å². The number of anilines is 1. The summed E-state index contributed by atoms with van der Waals surface area (Å²) in [6.07, 6.45) is 1.26. The number of fused-ring (bicyclic) bond motifs is 1. The molecule has 1 aliphatic heterocycles. The van der Waals surface area contributed by atoms with Crippen molar-refractivity contribution in [2.45, 2.75) is 11.4 Å². The van der Waals surface area contributed by atoms with Crippen LogP contribution in [0, 0.1) is 5.82 Å². The van der Waals surface area contributed by atoms with E-state index in [9.17, 15) is 12.8 Å². The molecule has 1 aliphatic rings. The van der Waals surface area contributed by atoms with Gasteiger partial charge in [0.2, 0.25) is 0 Å². The molecule has 21 heavy (non-hydrogen) atoms. The molecule has 0 bridgehead atoms.